The Bertz CT molecular complexity index is 672. The fraction of sp³-hybridized carbons (Fsp3) is 0.350. The van der Waals surface area contributed by atoms with Crippen LogP contribution >= 0.6 is 12.4 Å². The van der Waals surface area contributed by atoms with Crippen molar-refractivity contribution in [2.45, 2.75) is 31.6 Å². The van der Waals surface area contributed by atoms with Crippen LogP contribution in [-0.2, 0) is 16.6 Å². The molecular weight excluding hydrogens is 320 g/mol. The van der Waals surface area contributed by atoms with Crippen LogP contribution in [0, 0.1) is 0 Å². The van der Waals surface area contributed by atoms with Crippen molar-refractivity contribution in [3.05, 3.63) is 65.7 Å². The number of rotatable bonds is 3. The number of nitrogens with zero attached hydrogens (tertiary/aromatic N) is 1. The van der Waals surface area contributed by atoms with Gasteiger partial charge < -0.3 is 10.6 Å². The SMILES string of the molecule is CC1(c2ccccc2)CCCN(C(=O)Cc2ccc(N)cc2)C1.Cl. The highest BCUT2D eigenvalue weighted by Gasteiger charge is 2.34. The highest BCUT2D eigenvalue weighted by Crippen LogP contribution is 2.33. The lowest BCUT2D eigenvalue weighted by molar-refractivity contribution is -0.132. The van der Waals surface area contributed by atoms with Crippen LogP contribution in [0.3, 0.4) is 0 Å². The highest BCUT2D eigenvalue weighted by molar-refractivity contribution is 5.85. The predicted molar refractivity (Wildman–Crippen MR) is 101 cm³/mol. The first-order valence-corrected chi connectivity index (χ1v) is 8.25. The first kappa shape index (κ1) is 18.3. The number of amides is 1. The number of nitrogens with two attached hydrogens (primary N) is 1. The van der Waals surface area contributed by atoms with Gasteiger partial charge in [-0.3, -0.25) is 4.79 Å². The second-order valence-electron chi connectivity index (χ2n) is 6.76. The Morgan fingerprint density at radius 3 is 2.46 bits per heavy atom. The Balaban J connectivity index is 0.00000208. The van der Waals surface area contributed by atoms with E-state index in [9.17, 15) is 4.79 Å². The van der Waals surface area contributed by atoms with Crippen molar-refractivity contribution in [3.63, 3.8) is 0 Å². The summed E-state index contributed by atoms with van der Waals surface area (Å²) in [6.45, 7) is 3.92. The number of benzene rings is 2. The Labute approximate surface area is 150 Å². The van der Waals surface area contributed by atoms with Crippen LogP contribution in [0.5, 0.6) is 0 Å². The molecule has 1 amide bonds. The average Bonchev–Trinajstić information content (AvgIpc) is 2.58. The van der Waals surface area contributed by atoms with E-state index in [4.69, 9.17) is 5.73 Å². The Morgan fingerprint density at radius 2 is 1.79 bits per heavy atom. The van der Waals surface area contributed by atoms with E-state index in [-0.39, 0.29) is 23.7 Å². The van der Waals surface area contributed by atoms with Gasteiger partial charge in [0.15, 0.2) is 0 Å². The summed E-state index contributed by atoms with van der Waals surface area (Å²) in [5.74, 6) is 0.205. The van der Waals surface area contributed by atoms with Crippen molar-refractivity contribution in [1.82, 2.24) is 4.90 Å². The quantitative estimate of drug-likeness (QED) is 0.860. The summed E-state index contributed by atoms with van der Waals surface area (Å²) >= 11 is 0. The molecule has 4 heteroatoms. The minimum Gasteiger partial charge on any atom is -0.399 e. The summed E-state index contributed by atoms with van der Waals surface area (Å²) in [5.41, 5.74) is 8.84. The molecule has 0 aliphatic carbocycles. The number of piperidine rings is 1. The van der Waals surface area contributed by atoms with Gasteiger partial charge in [-0.25, -0.2) is 0 Å². The van der Waals surface area contributed by atoms with E-state index in [0.29, 0.717) is 6.42 Å². The van der Waals surface area contributed by atoms with Crippen molar-refractivity contribution in [2.24, 2.45) is 0 Å². The normalized spacial score (nSPS) is 20.3. The maximum Gasteiger partial charge on any atom is 0.227 e. The molecule has 2 aromatic rings. The van der Waals surface area contributed by atoms with Crippen LogP contribution in [-0.4, -0.2) is 23.9 Å². The molecule has 1 atom stereocenters. The largest absolute Gasteiger partial charge is 0.399 e. The van der Waals surface area contributed by atoms with Gasteiger partial charge in [0.05, 0.1) is 6.42 Å². The van der Waals surface area contributed by atoms with Gasteiger partial charge in [-0.2, -0.15) is 0 Å². The minimum atomic E-state index is 0. The predicted octanol–water partition coefficient (Wildman–Crippen LogP) is 3.81. The number of hydrogen-bond donors (Lipinski definition) is 1. The minimum absolute atomic E-state index is 0. The van der Waals surface area contributed by atoms with Crippen molar-refractivity contribution >= 4 is 24.0 Å². The van der Waals surface area contributed by atoms with E-state index >= 15 is 0 Å². The van der Waals surface area contributed by atoms with Gasteiger partial charge in [0.25, 0.3) is 0 Å². The zero-order chi connectivity index (χ0) is 16.3. The number of nitrogen functional groups attached to an aromatic ring is 1. The number of anilines is 1. The molecule has 1 fully saturated rings. The molecular formula is C20H25ClN2O. The summed E-state index contributed by atoms with van der Waals surface area (Å²) in [6.07, 6.45) is 2.63. The maximum atomic E-state index is 12.7. The summed E-state index contributed by atoms with van der Waals surface area (Å²) < 4.78 is 0. The number of carbonyl (C=O) groups is 1. The molecule has 0 spiro atoms. The van der Waals surface area contributed by atoms with Gasteiger partial charge in [0.2, 0.25) is 5.91 Å². The topological polar surface area (TPSA) is 46.3 Å². The Morgan fingerprint density at radius 1 is 1.12 bits per heavy atom. The molecule has 1 unspecified atom stereocenters. The molecule has 2 aromatic carbocycles. The summed E-state index contributed by atoms with van der Waals surface area (Å²) in [7, 11) is 0. The zero-order valence-corrected chi connectivity index (χ0v) is 14.9. The van der Waals surface area contributed by atoms with Crippen molar-refractivity contribution in [2.75, 3.05) is 18.8 Å². The highest BCUT2D eigenvalue weighted by atomic mass is 35.5. The van der Waals surface area contributed by atoms with Crippen LogP contribution in [0.15, 0.2) is 54.6 Å². The number of likely N-dealkylation sites (tertiary alicyclic amines) is 1. The van der Waals surface area contributed by atoms with E-state index < -0.39 is 0 Å². The van der Waals surface area contributed by atoms with Crippen molar-refractivity contribution < 1.29 is 4.79 Å². The van der Waals surface area contributed by atoms with Gasteiger partial charge >= 0.3 is 0 Å². The van der Waals surface area contributed by atoms with E-state index in [1.54, 1.807) is 0 Å². The summed E-state index contributed by atoms with van der Waals surface area (Å²) in [4.78, 5) is 14.7. The summed E-state index contributed by atoms with van der Waals surface area (Å²) in [5, 5.41) is 0. The molecule has 128 valence electrons. The third kappa shape index (κ3) is 4.09. The molecule has 3 nitrogen and oxygen atoms in total. The lowest BCUT2D eigenvalue weighted by Gasteiger charge is -2.41. The molecule has 2 N–H and O–H groups in total. The van der Waals surface area contributed by atoms with E-state index in [0.717, 1.165) is 37.2 Å². The van der Waals surface area contributed by atoms with E-state index in [2.05, 4.69) is 31.2 Å². The lowest BCUT2D eigenvalue weighted by atomic mass is 9.76. The Hall–Kier alpha value is -2.00. The number of hydrogen-bond acceptors (Lipinski definition) is 2. The molecule has 1 heterocycles. The third-order valence-electron chi connectivity index (χ3n) is 4.85. The molecule has 1 aliphatic rings. The third-order valence-corrected chi connectivity index (χ3v) is 4.85. The van der Waals surface area contributed by atoms with Gasteiger partial charge in [0, 0.05) is 24.2 Å². The number of carbonyl (C=O) groups excluding carboxylic acids is 1. The molecule has 3 rings (SSSR count). The molecule has 0 aromatic heterocycles. The van der Waals surface area contributed by atoms with E-state index in [1.807, 2.05) is 35.2 Å². The first-order valence-electron chi connectivity index (χ1n) is 8.25. The fourth-order valence-electron chi connectivity index (χ4n) is 3.45. The number of halogens is 1. The average molecular weight is 345 g/mol. The fourth-order valence-corrected chi connectivity index (χ4v) is 3.45. The van der Waals surface area contributed by atoms with Crippen LogP contribution in [0.4, 0.5) is 5.69 Å². The monoisotopic (exact) mass is 344 g/mol. The van der Waals surface area contributed by atoms with Gasteiger partial charge in [-0.15, -0.1) is 12.4 Å². The molecule has 0 bridgehead atoms. The van der Waals surface area contributed by atoms with Gasteiger partial charge in [0.1, 0.15) is 0 Å². The smallest absolute Gasteiger partial charge is 0.227 e. The van der Waals surface area contributed by atoms with Crippen LogP contribution in [0.2, 0.25) is 0 Å². The summed E-state index contributed by atoms with van der Waals surface area (Å²) in [6, 6.07) is 18.1. The van der Waals surface area contributed by atoms with E-state index in [1.165, 1.54) is 5.56 Å². The van der Waals surface area contributed by atoms with Gasteiger partial charge in [-0.1, -0.05) is 49.4 Å². The van der Waals surface area contributed by atoms with Gasteiger partial charge in [-0.05, 0) is 36.1 Å². The maximum absolute atomic E-state index is 12.7. The first-order chi connectivity index (χ1) is 11.1. The molecule has 0 saturated carbocycles. The van der Waals surface area contributed by atoms with Crippen LogP contribution in [0.1, 0.15) is 30.9 Å². The van der Waals surface area contributed by atoms with Crippen molar-refractivity contribution in [3.8, 4) is 0 Å². The molecule has 0 radical (unpaired) electrons. The van der Waals surface area contributed by atoms with Crippen molar-refractivity contribution in [1.29, 1.82) is 0 Å². The lowest BCUT2D eigenvalue weighted by Crippen LogP contribution is -2.47. The second kappa shape index (κ2) is 7.71. The standard InChI is InChI=1S/C20H24N2O.ClH/c1-20(17-6-3-2-4-7-17)12-5-13-22(15-20)19(23)14-16-8-10-18(21)11-9-16;/h2-4,6-11H,5,12-15,21H2,1H3;1H. The second-order valence-corrected chi connectivity index (χ2v) is 6.76. The Kier molecular flexibility index (Phi) is 5.89. The molecule has 1 aliphatic heterocycles. The van der Waals surface area contributed by atoms with Crippen LogP contribution < -0.4 is 5.73 Å². The zero-order valence-electron chi connectivity index (χ0n) is 14.1. The van der Waals surface area contributed by atoms with Crippen LogP contribution in [0.25, 0.3) is 0 Å². The molecule has 24 heavy (non-hydrogen) atoms. The molecule has 1 saturated heterocycles.